The van der Waals surface area contributed by atoms with Crippen LogP contribution in [0.4, 0.5) is 0 Å². The number of hydrogen-bond acceptors (Lipinski definition) is 3. The number of Topliss-reactive ketones (excluding diaryl/α,β-unsaturated/α-hetero) is 1. The molecular weight excluding hydrogens is 346 g/mol. The summed E-state index contributed by atoms with van der Waals surface area (Å²) >= 11 is 0. The number of nitrogens with zero attached hydrogens (tertiary/aromatic N) is 1. The Balaban J connectivity index is 1.64. The maximum atomic E-state index is 13.3. The van der Waals surface area contributed by atoms with Crippen molar-refractivity contribution in [2.45, 2.75) is 39.5 Å². The molecule has 3 nitrogen and oxygen atoms in total. The Hall–Kier alpha value is -2.39. The van der Waals surface area contributed by atoms with Crippen molar-refractivity contribution in [1.82, 2.24) is 4.90 Å². The highest BCUT2D eigenvalue weighted by Crippen LogP contribution is 2.50. The van der Waals surface area contributed by atoms with Gasteiger partial charge in [0.1, 0.15) is 12.4 Å². The Morgan fingerprint density at radius 1 is 1.04 bits per heavy atom. The maximum absolute atomic E-state index is 13.3. The summed E-state index contributed by atoms with van der Waals surface area (Å²) in [6.07, 6.45) is 0.858. The Morgan fingerprint density at radius 3 is 2.54 bits per heavy atom. The van der Waals surface area contributed by atoms with E-state index >= 15 is 0 Å². The Labute approximate surface area is 168 Å². The van der Waals surface area contributed by atoms with E-state index in [0.717, 1.165) is 54.1 Å². The zero-order valence-electron chi connectivity index (χ0n) is 17.3. The van der Waals surface area contributed by atoms with E-state index in [4.69, 9.17) is 4.74 Å². The summed E-state index contributed by atoms with van der Waals surface area (Å²) in [6.45, 7) is 12.4. The third-order valence-corrected chi connectivity index (χ3v) is 6.42. The van der Waals surface area contributed by atoms with Crippen molar-refractivity contribution >= 4 is 11.4 Å². The number of allylic oxidation sites excluding steroid dienone is 2. The molecule has 0 saturated carbocycles. The van der Waals surface area contributed by atoms with Gasteiger partial charge in [-0.05, 0) is 60.0 Å². The topological polar surface area (TPSA) is 29.5 Å². The second-order valence-electron chi connectivity index (χ2n) is 8.22. The fourth-order valence-electron chi connectivity index (χ4n) is 4.61. The molecule has 2 aromatic carbocycles. The molecule has 0 fully saturated rings. The number of hydrogen-bond donors (Lipinski definition) is 0. The number of carbonyl (C=O) groups is 1. The number of likely N-dealkylation sites (N-methyl/N-ethyl adjacent to an activating group) is 1. The van der Waals surface area contributed by atoms with Gasteiger partial charge in [-0.25, -0.2) is 0 Å². The monoisotopic (exact) mass is 375 g/mol. The van der Waals surface area contributed by atoms with Gasteiger partial charge in [0.2, 0.25) is 0 Å². The van der Waals surface area contributed by atoms with Crippen LogP contribution < -0.4 is 4.74 Å². The van der Waals surface area contributed by atoms with E-state index in [-0.39, 0.29) is 11.2 Å². The average Bonchev–Trinajstić information content (AvgIpc) is 3.11. The van der Waals surface area contributed by atoms with Crippen LogP contribution in [-0.2, 0) is 11.8 Å². The molecule has 0 bridgehead atoms. The van der Waals surface area contributed by atoms with Crippen molar-refractivity contribution in [3.05, 3.63) is 70.3 Å². The van der Waals surface area contributed by atoms with Crippen LogP contribution in [0.25, 0.3) is 5.57 Å². The molecule has 0 unspecified atom stereocenters. The molecule has 3 heteroatoms. The molecule has 0 aromatic heterocycles. The first-order valence-corrected chi connectivity index (χ1v) is 10.3. The van der Waals surface area contributed by atoms with Crippen LogP contribution in [0.3, 0.4) is 0 Å². The highest BCUT2D eigenvalue weighted by Gasteiger charge is 2.42. The van der Waals surface area contributed by atoms with Gasteiger partial charge in [-0.1, -0.05) is 52.0 Å². The van der Waals surface area contributed by atoms with Gasteiger partial charge in [0.15, 0.2) is 5.78 Å². The minimum atomic E-state index is -0.185. The lowest BCUT2D eigenvalue weighted by atomic mass is 9.68. The molecule has 2 aliphatic rings. The first-order chi connectivity index (χ1) is 13.5. The van der Waals surface area contributed by atoms with Gasteiger partial charge in [-0.3, -0.25) is 4.79 Å². The Kier molecular flexibility index (Phi) is 4.88. The number of ketones is 1. The fourth-order valence-corrected chi connectivity index (χ4v) is 4.61. The second-order valence-corrected chi connectivity index (χ2v) is 8.22. The van der Waals surface area contributed by atoms with Crippen LogP contribution in [0.2, 0.25) is 0 Å². The number of fused-ring (bicyclic) bond motifs is 3. The molecule has 28 heavy (non-hydrogen) atoms. The number of benzene rings is 2. The predicted molar refractivity (Wildman–Crippen MR) is 114 cm³/mol. The second kappa shape index (κ2) is 7.21. The van der Waals surface area contributed by atoms with Crippen LogP contribution in [0.1, 0.15) is 54.7 Å². The average molecular weight is 376 g/mol. The zero-order chi connectivity index (χ0) is 19.9. The molecule has 0 atom stereocenters. The Bertz CT molecular complexity index is 951. The van der Waals surface area contributed by atoms with E-state index in [0.29, 0.717) is 6.61 Å². The van der Waals surface area contributed by atoms with Gasteiger partial charge in [0.25, 0.3) is 0 Å². The first kappa shape index (κ1) is 18.9. The van der Waals surface area contributed by atoms with E-state index in [2.05, 4.69) is 56.9 Å². The molecule has 0 N–H and O–H groups in total. The van der Waals surface area contributed by atoms with Crippen LogP contribution in [0, 0.1) is 0 Å². The summed E-state index contributed by atoms with van der Waals surface area (Å²) < 4.78 is 6.04. The third-order valence-electron chi connectivity index (χ3n) is 6.42. The molecule has 0 saturated heterocycles. The van der Waals surface area contributed by atoms with Crippen LogP contribution in [0.15, 0.2) is 48.0 Å². The highest BCUT2D eigenvalue weighted by molar-refractivity contribution is 6.32. The fraction of sp³-hybridized carbons (Fsp3) is 0.400. The van der Waals surface area contributed by atoms with Gasteiger partial charge in [-0.2, -0.15) is 0 Å². The molecule has 0 aliphatic heterocycles. The van der Waals surface area contributed by atoms with Gasteiger partial charge < -0.3 is 9.64 Å². The maximum Gasteiger partial charge on any atom is 0.193 e. The summed E-state index contributed by atoms with van der Waals surface area (Å²) in [4.78, 5) is 15.7. The SMILES string of the molecule is CCN(CC)CCOc1ccc2c(c1)C(C)(C)C1=C(C2=O)c2ccccc2C1. The van der Waals surface area contributed by atoms with Crippen molar-refractivity contribution in [3.8, 4) is 5.75 Å². The number of ether oxygens (including phenoxy) is 1. The van der Waals surface area contributed by atoms with E-state index in [9.17, 15) is 4.79 Å². The van der Waals surface area contributed by atoms with Crippen LogP contribution in [-0.4, -0.2) is 36.9 Å². The smallest absolute Gasteiger partial charge is 0.193 e. The molecule has 0 amide bonds. The number of rotatable bonds is 6. The summed E-state index contributed by atoms with van der Waals surface area (Å²) in [7, 11) is 0. The van der Waals surface area contributed by atoms with E-state index < -0.39 is 0 Å². The van der Waals surface area contributed by atoms with E-state index in [1.807, 2.05) is 18.2 Å². The van der Waals surface area contributed by atoms with Crippen molar-refractivity contribution in [1.29, 1.82) is 0 Å². The van der Waals surface area contributed by atoms with Crippen LogP contribution in [0.5, 0.6) is 5.75 Å². The van der Waals surface area contributed by atoms with Gasteiger partial charge >= 0.3 is 0 Å². The molecule has 0 radical (unpaired) electrons. The van der Waals surface area contributed by atoms with Gasteiger partial charge in [-0.15, -0.1) is 0 Å². The lowest BCUT2D eigenvalue weighted by Crippen LogP contribution is -2.30. The Morgan fingerprint density at radius 2 is 1.79 bits per heavy atom. The lowest BCUT2D eigenvalue weighted by molar-refractivity contribution is 0.105. The van der Waals surface area contributed by atoms with Crippen LogP contribution >= 0.6 is 0 Å². The molecule has 0 spiro atoms. The first-order valence-electron chi connectivity index (χ1n) is 10.3. The highest BCUT2D eigenvalue weighted by atomic mass is 16.5. The minimum absolute atomic E-state index is 0.156. The zero-order valence-corrected chi connectivity index (χ0v) is 17.3. The van der Waals surface area contributed by atoms with Crippen molar-refractivity contribution in [2.24, 2.45) is 0 Å². The van der Waals surface area contributed by atoms with E-state index in [1.165, 1.54) is 11.1 Å². The quantitative estimate of drug-likeness (QED) is 0.720. The molecule has 4 rings (SSSR count). The summed E-state index contributed by atoms with van der Waals surface area (Å²) in [5, 5.41) is 0. The van der Waals surface area contributed by atoms with Crippen molar-refractivity contribution < 1.29 is 9.53 Å². The van der Waals surface area contributed by atoms with Crippen molar-refractivity contribution in [3.63, 3.8) is 0 Å². The predicted octanol–water partition coefficient (Wildman–Crippen LogP) is 4.89. The summed E-state index contributed by atoms with van der Waals surface area (Å²) in [5.74, 6) is 1.01. The molecule has 2 aliphatic carbocycles. The normalized spacial score (nSPS) is 16.8. The summed E-state index contributed by atoms with van der Waals surface area (Å²) in [5.41, 5.74) is 6.25. The third kappa shape index (κ3) is 2.98. The van der Waals surface area contributed by atoms with Crippen molar-refractivity contribution in [2.75, 3.05) is 26.2 Å². The molecule has 2 aromatic rings. The largest absolute Gasteiger partial charge is 0.492 e. The van der Waals surface area contributed by atoms with Gasteiger partial charge in [0, 0.05) is 23.1 Å². The minimum Gasteiger partial charge on any atom is -0.492 e. The van der Waals surface area contributed by atoms with Gasteiger partial charge in [0.05, 0.1) is 0 Å². The standard InChI is InChI=1S/C25H29NO2/c1-5-26(6-2)13-14-28-18-11-12-20-21(16-18)25(3,4)22-15-17-9-7-8-10-19(17)23(22)24(20)27/h7-12,16H,5-6,13-15H2,1-4H3. The lowest BCUT2D eigenvalue weighted by Gasteiger charge is -2.34. The van der Waals surface area contributed by atoms with E-state index in [1.54, 1.807) is 0 Å². The number of carbonyl (C=O) groups excluding carboxylic acids is 1. The summed E-state index contributed by atoms with van der Waals surface area (Å²) in [6, 6.07) is 14.3. The molecular formula is C25H29NO2. The molecule has 0 heterocycles. The molecule has 146 valence electrons.